The zero-order valence-electron chi connectivity index (χ0n) is 11.2. The summed E-state index contributed by atoms with van der Waals surface area (Å²) in [6, 6.07) is 13.0. The Kier molecular flexibility index (Phi) is 5.06. The summed E-state index contributed by atoms with van der Waals surface area (Å²) in [5.74, 6) is 6.73. The number of hydrogen-bond acceptors (Lipinski definition) is 2. The van der Waals surface area contributed by atoms with E-state index in [9.17, 15) is 0 Å². The van der Waals surface area contributed by atoms with Gasteiger partial charge in [0.05, 0.1) is 6.61 Å². The van der Waals surface area contributed by atoms with Crippen LogP contribution in [-0.4, -0.2) is 11.7 Å². The second-order valence-corrected chi connectivity index (χ2v) is 4.85. The van der Waals surface area contributed by atoms with Gasteiger partial charge in [0.2, 0.25) is 0 Å². The first-order valence-corrected chi connectivity index (χ1v) is 6.64. The van der Waals surface area contributed by atoms with Crippen molar-refractivity contribution in [2.75, 3.05) is 6.61 Å². The lowest BCUT2D eigenvalue weighted by Gasteiger charge is -2.01. The summed E-state index contributed by atoms with van der Waals surface area (Å²) in [6.07, 6.45) is 0. The summed E-state index contributed by atoms with van der Waals surface area (Å²) >= 11 is 5.79. The first-order chi connectivity index (χ1) is 9.67. The lowest BCUT2D eigenvalue weighted by molar-refractivity contribution is 0.281. The van der Waals surface area contributed by atoms with E-state index in [4.69, 9.17) is 21.4 Å². The molecule has 0 spiro atoms. The van der Waals surface area contributed by atoms with E-state index in [2.05, 4.69) is 11.8 Å². The van der Waals surface area contributed by atoms with Gasteiger partial charge in [-0.15, -0.1) is 0 Å². The van der Waals surface area contributed by atoms with Crippen LogP contribution in [0.3, 0.4) is 0 Å². The Morgan fingerprint density at radius 1 is 1.15 bits per heavy atom. The van der Waals surface area contributed by atoms with Crippen molar-refractivity contribution in [2.24, 2.45) is 0 Å². The van der Waals surface area contributed by atoms with E-state index in [1.54, 1.807) is 24.3 Å². The molecule has 0 aliphatic carbocycles. The van der Waals surface area contributed by atoms with Crippen LogP contribution in [0.2, 0.25) is 5.02 Å². The minimum Gasteiger partial charge on any atom is -0.481 e. The van der Waals surface area contributed by atoms with Crippen LogP contribution in [0.15, 0.2) is 42.5 Å². The van der Waals surface area contributed by atoms with Crippen molar-refractivity contribution in [1.82, 2.24) is 0 Å². The number of aliphatic hydroxyl groups is 1. The van der Waals surface area contributed by atoms with E-state index < -0.39 is 0 Å². The van der Waals surface area contributed by atoms with Gasteiger partial charge in [0.1, 0.15) is 12.4 Å². The number of aryl methyl sites for hydroxylation is 1. The van der Waals surface area contributed by atoms with E-state index in [1.807, 2.05) is 25.1 Å². The Labute approximate surface area is 124 Å². The van der Waals surface area contributed by atoms with Gasteiger partial charge in [-0.05, 0) is 54.4 Å². The van der Waals surface area contributed by atoms with Gasteiger partial charge in [-0.25, -0.2) is 0 Å². The zero-order valence-corrected chi connectivity index (χ0v) is 11.9. The van der Waals surface area contributed by atoms with E-state index in [-0.39, 0.29) is 6.61 Å². The minimum atomic E-state index is 0.0254. The maximum Gasteiger partial charge on any atom is 0.149 e. The van der Waals surface area contributed by atoms with Crippen LogP contribution in [0.25, 0.3) is 0 Å². The van der Waals surface area contributed by atoms with Gasteiger partial charge in [0, 0.05) is 10.6 Å². The van der Waals surface area contributed by atoms with Crippen molar-refractivity contribution in [2.45, 2.75) is 13.5 Å². The molecule has 2 rings (SSSR count). The lowest BCUT2D eigenvalue weighted by atomic mass is 10.1. The summed E-state index contributed by atoms with van der Waals surface area (Å²) in [5.41, 5.74) is 2.83. The Hall–Kier alpha value is -1.95. The largest absolute Gasteiger partial charge is 0.481 e. The summed E-state index contributed by atoms with van der Waals surface area (Å²) in [5, 5.41) is 9.83. The fourth-order valence-corrected chi connectivity index (χ4v) is 1.94. The molecular formula is C17H15ClO2. The normalized spacial score (nSPS) is 9.75. The van der Waals surface area contributed by atoms with E-state index in [1.165, 1.54) is 0 Å². The van der Waals surface area contributed by atoms with Gasteiger partial charge < -0.3 is 9.84 Å². The third-order valence-electron chi connectivity index (χ3n) is 2.68. The third kappa shape index (κ3) is 4.31. The molecule has 0 unspecified atom stereocenters. The molecule has 0 aromatic heterocycles. The molecule has 0 heterocycles. The predicted molar refractivity (Wildman–Crippen MR) is 80.9 cm³/mol. The number of ether oxygens (including phenoxy) is 1. The Morgan fingerprint density at radius 2 is 1.90 bits per heavy atom. The van der Waals surface area contributed by atoms with Crippen LogP contribution in [-0.2, 0) is 6.61 Å². The van der Waals surface area contributed by atoms with E-state index in [0.29, 0.717) is 11.6 Å². The molecule has 0 aliphatic heterocycles. The second-order valence-electron chi connectivity index (χ2n) is 4.41. The maximum absolute atomic E-state index is 9.15. The predicted octanol–water partition coefficient (Wildman–Crippen LogP) is 3.57. The first-order valence-electron chi connectivity index (χ1n) is 6.26. The average Bonchev–Trinajstić information content (AvgIpc) is 2.45. The number of benzene rings is 2. The standard InChI is InChI=1S/C17H15ClO2/c1-13-9-14(11-15(10-13)12-19)3-2-8-20-17-6-4-16(18)5-7-17/h4-7,9-11,19H,8,12H2,1H3. The van der Waals surface area contributed by atoms with Crippen molar-refractivity contribution >= 4 is 11.6 Å². The quantitative estimate of drug-likeness (QED) is 0.874. The highest BCUT2D eigenvalue weighted by atomic mass is 35.5. The molecule has 0 saturated carbocycles. The van der Waals surface area contributed by atoms with Crippen molar-refractivity contribution in [3.63, 3.8) is 0 Å². The summed E-state index contributed by atoms with van der Waals surface area (Å²) < 4.78 is 5.49. The number of aliphatic hydroxyl groups excluding tert-OH is 1. The van der Waals surface area contributed by atoms with Gasteiger partial charge in [-0.3, -0.25) is 0 Å². The molecule has 3 heteroatoms. The topological polar surface area (TPSA) is 29.5 Å². The molecule has 102 valence electrons. The molecular weight excluding hydrogens is 272 g/mol. The van der Waals surface area contributed by atoms with Gasteiger partial charge in [0.15, 0.2) is 0 Å². The number of rotatable bonds is 3. The van der Waals surface area contributed by atoms with Crippen molar-refractivity contribution in [1.29, 1.82) is 0 Å². The average molecular weight is 287 g/mol. The van der Waals surface area contributed by atoms with E-state index in [0.717, 1.165) is 22.4 Å². The molecule has 0 bridgehead atoms. The second kappa shape index (κ2) is 7.00. The Bertz CT molecular complexity index is 636. The fourth-order valence-electron chi connectivity index (χ4n) is 1.81. The summed E-state index contributed by atoms with van der Waals surface area (Å²) in [7, 11) is 0. The molecule has 20 heavy (non-hydrogen) atoms. The molecule has 2 aromatic rings. The highest BCUT2D eigenvalue weighted by Crippen LogP contribution is 2.15. The van der Waals surface area contributed by atoms with Crippen molar-refractivity contribution < 1.29 is 9.84 Å². The van der Waals surface area contributed by atoms with Crippen LogP contribution in [0.1, 0.15) is 16.7 Å². The zero-order chi connectivity index (χ0) is 14.4. The van der Waals surface area contributed by atoms with Crippen LogP contribution >= 0.6 is 11.6 Å². The molecule has 2 nitrogen and oxygen atoms in total. The van der Waals surface area contributed by atoms with Gasteiger partial charge in [0.25, 0.3) is 0 Å². The number of halogens is 1. The van der Waals surface area contributed by atoms with Gasteiger partial charge in [-0.1, -0.05) is 29.5 Å². The maximum atomic E-state index is 9.15. The molecule has 1 N–H and O–H groups in total. The molecule has 0 amide bonds. The summed E-state index contributed by atoms with van der Waals surface area (Å²) in [6.45, 7) is 2.32. The lowest BCUT2D eigenvalue weighted by Crippen LogP contribution is -1.94. The Balaban J connectivity index is 1.97. The number of hydrogen-bond donors (Lipinski definition) is 1. The SMILES string of the molecule is Cc1cc(C#CCOc2ccc(Cl)cc2)cc(CO)c1. The minimum absolute atomic E-state index is 0.0254. The highest BCUT2D eigenvalue weighted by Gasteiger charge is 1.95. The monoisotopic (exact) mass is 286 g/mol. The molecule has 2 aromatic carbocycles. The molecule has 0 fully saturated rings. The first kappa shape index (κ1) is 14.5. The summed E-state index contributed by atoms with van der Waals surface area (Å²) in [4.78, 5) is 0. The highest BCUT2D eigenvalue weighted by molar-refractivity contribution is 6.30. The van der Waals surface area contributed by atoms with Crippen LogP contribution in [0.4, 0.5) is 0 Å². The molecule has 0 atom stereocenters. The third-order valence-corrected chi connectivity index (χ3v) is 2.93. The van der Waals surface area contributed by atoms with Crippen LogP contribution < -0.4 is 4.74 Å². The molecule has 0 radical (unpaired) electrons. The van der Waals surface area contributed by atoms with Gasteiger partial charge in [-0.2, -0.15) is 0 Å². The molecule has 0 saturated heterocycles. The van der Waals surface area contributed by atoms with Crippen molar-refractivity contribution in [3.05, 3.63) is 64.2 Å². The van der Waals surface area contributed by atoms with E-state index >= 15 is 0 Å². The molecule has 0 aliphatic rings. The van der Waals surface area contributed by atoms with Crippen LogP contribution in [0.5, 0.6) is 5.75 Å². The Morgan fingerprint density at radius 3 is 2.60 bits per heavy atom. The fraction of sp³-hybridized carbons (Fsp3) is 0.176. The smallest absolute Gasteiger partial charge is 0.149 e. The van der Waals surface area contributed by atoms with Gasteiger partial charge >= 0.3 is 0 Å². The van der Waals surface area contributed by atoms with Crippen LogP contribution in [0, 0.1) is 18.8 Å². The van der Waals surface area contributed by atoms with Crippen molar-refractivity contribution in [3.8, 4) is 17.6 Å².